The monoisotopic (exact) mass is 166 g/mol. The molecule has 0 aliphatic rings. The van der Waals surface area contributed by atoms with Crippen LogP contribution in [-0.2, 0) is 18.3 Å². The molecular weight excluding hydrogens is 152 g/mol. The molecule has 3 heteroatoms. The minimum absolute atomic E-state index is 0.647. The predicted octanol–water partition coefficient (Wildman–Crippen LogP) is 1.25. The highest BCUT2D eigenvalue weighted by Gasteiger charge is 2.01. The van der Waals surface area contributed by atoms with E-state index >= 15 is 0 Å². The third-order valence-corrected chi connectivity index (χ3v) is 1.88. The number of rotatable bonds is 4. The van der Waals surface area contributed by atoms with Crippen molar-refractivity contribution in [3.63, 3.8) is 0 Å². The van der Waals surface area contributed by atoms with Gasteiger partial charge in [-0.05, 0) is 25.3 Å². The Kier molecular flexibility index (Phi) is 3.02. The van der Waals surface area contributed by atoms with Crippen LogP contribution in [-0.4, -0.2) is 16.1 Å². The summed E-state index contributed by atoms with van der Waals surface area (Å²) in [7, 11) is 1.91. The fourth-order valence-electron chi connectivity index (χ4n) is 1.27. The standard InChI is InChI=1S/C9H14N2O/c1-8-9(5-3-4-6-12)7-11(2)10-8/h6-7H,3-5H2,1-2H3. The van der Waals surface area contributed by atoms with Gasteiger partial charge in [0.2, 0.25) is 0 Å². The molecule has 66 valence electrons. The molecule has 0 aromatic carbocycles. The maximum absolute atomic E-state index is 10.1. The molecule has 0 saturated heterocycles. The van der Waals surface area contributed by atoms with Crippen LogP contribution in [0.3, 0.4) is 0 Å². The van der Waals surface area contributed by atoms with E-state index in [1.54, 1.807) is 0 Å². The lowest BCUT2D eigenvalue weighted by Gasteiger charge is -1.93. The number of carbonyl (C=O) groups is 1. The zero-order valence-electron chi connectivity index (χ0n) is 7.58. The largest absolute Gasteiger partial charge is 0.303 e. The molecule has 1 rings (SSSR count). The molecule has 1 aromatic rings. The highest BCUT2D eigenvalue weighted by Crippen LogP contribution is 2.07. The zero-order chi connectivity index (χ0) is 8.97. The van der Waals surface area contributed by atoms with Crippen molar-refractivity contribution >= 4 is 6.29 Å². The van der Waals surface area contributed by atoms with E-state index in [2.05, 4.69) is 5.10 Å². The number of hydrogen-bond donors (Lipinski definition) is 0. The van der Waals surface area contributed by atoms with Crippen LogP contribution in [0.2, 0.25) is 0 Å². The normalized spacial score (nSPS) is 10.2. The molecule has 0 amide bonds. The fraction of sp³-hybridized carbons (Fsp3) is 0.556. The van der Waals surface area contributed by atoms with Crippen molar-refractivity contribution in [3.8, 4) is 0 Å². The Hall–Kier alpha value is -1.12. The van der Waals surface area contributed by atoms with E-state index in [9.17, 15) is 4.79 Å². The maximum atomic E-state index is 10.1. The Morgan fingerprint density at radius 1 is 1.67 bits per heavy atom. The second-order valence-electron chi connectivity index (χ2n) is 2.97. The topological polar surface area (TPSA) is 34.9 Å². The van der Waals surface area contributed by atoms with Gasteiger partial charge in [-0.3, -0.25) is 4.68 Å². The minimum atomic E-state index is 0.647. The van der Waals surface area contributed by atoms with Crippen LogP contribution in [0, 0.1) is 6.92 Å². The number of unbranched alkanes of at least 4 members (excludes halogenated alkanes) is 1. The first-order chi connectivity index (χ1) is 5.74. The van der Waals surface area contributed by atoms with Crippen molar-refractivity contribution in [2.75, 3.05) is 0 Å². The first-order valence-electron chi connectivity index (χ1n) is 4.17. The first kappa shape index (κ1) is 8.97. The van der Waals surface area contributed by atoms with Crippen LogP contribution >= 0.6 is 0 Å². The Bertz CT molecular complexity index is 265. The molecule has 0 bridgehead atoms. The molecule has 0 radical (unpaired) electrons. The van der Waals surface area contributed by atoms with E-state index in [0.29, 0.717) is 6.42 Å². The van der Waals surface area contributed by atoms with Gasteiger partial charge in [0.05, 0.1) is 5.69 Å². The first-order valence-corrected chi connectivity index (χ1v) is 4.17. The molecule has 0 aliphatic heterocycles. The lowest BCUT2D eigenvalue weighted by Crippen LogP contribution is -1.86. The summed E-state index contributed by atoms with van der Waals surface area (Å²) in [5, 5.41) is 4.22. The molecule has 12 heavy (non-hydrogen) atoms. The van der Waals surface area contributed by atoms with Gasteiger partial charge in [-0.1, -0.05) is 0 Å². The van der Waals surface area contributed by atoms with Gasteiger partial charge in [-0.2, -0.15) is 5.10 Å². The highest BCUT2D eigenvalue weighted by atomic mass is 16.1. The summed E-state index contributed by atoms with van der Waals surface area (Å²) in [4.78, 5) is 10.1. The number of nitrogens with zero attached hydrogens (tertiary/aromatic N) is 2. The molecule has 0 spiro atoms. The van der Waals surface area contributed by atoms with Gasteiger partial charge in [0.15, 0.2) is 0 Å². The molecular formula is C9H14N2O. The molecule has 0 N–H and O–H groups in total. The summed E-state index contributed by atoms with van der Waals surface area (Å²) in [6.45, 7) is 2.00. The average Bonchev–Trinajstić information content (AvgIpc) is 2.31. The van der Waals surface area contributed by atoms with E-state index in [0.717, 1.165) is 24.8 Å². The lowest BCUT2D eigenvalue weighted by molar-refractivity contribution is -0.107. The number of hydrogen-bond acceptors (Lipinski definition) is 2. The quantitative estimate of drug-likeness (QED) is 0.498. The molecule has 1 heterocycles. The molecule has 0 atom stereocenters. The highest BCUT2D eigenvalue weighted by molar-refractivity contribution is 5.49. The fourth-order valence-corrected chi connectivity index (χ4v) is 1.27. The lowest BCUT2D eigenvalue weighted by atomic mass is 10.1. The zero-order valence-corrected chi connectivity index (χ0v) is 7.58. The summed E-state index contributed by atoms with van der Waals surface area (Å²) in [5.74, 6) is 0. The SMILES string of the molecule is Cc1nn(C)cc1CCCC=O. The van der Waals surface area contributed by atoms with Crippen LogP contribution in [0.5, 0.6) is 0 Å². The van der Waals surface area contributed by atoms with Crippen molar-refractivity contribution in [3.05, 3.63) is 17.5 Å². The average molecular weight is 166 g/mol. The molecule has 3 nitrogen and oxygen atoms in total. The van der Waals surface area contributed by atoms with E-state index in [1.165, 1.54) is 5.56 Å². The summed E-state index contributed by atoms with van der Waals surface area (Å²) < 4.78 is 1.81. The molecule has 0 unspecified atom stereocenters. The van der Waals surface area contributed by atoms with E-state index < -0.39 is 0 Å². The summed E-state index contributed by atoms with van der Waals surface area (Å²) >= 11 is 0. The van der Waals surface area contributed by atoms with Crippen molar-refractivity contribution in [2.45, 2.75) is 26.2 Å². The summed E-state index contributed by atoms with van der Waals surface area (Å²) in [6.07, 6.45) is 5.51. The van der Waals surface area contributed by atoms with E-state index in [1.807, 2.05) is 24.9 Å². The number of carbonyl (C=O) groups excluding carboxylic acids is 1. The Labute approximate surface area is 72.4 Å². The van der Waals surface area contributed by atoms with Gasteiger partial charge in [0.1, 0.15) is 6.29 Å². The van der Waals surface area contributed by atoms with Crippen molar-refractivity contribution < 1.29 is 4.79 Å². The number of aryl methyl sites for hydroxylation is 3. The van der Waals surface area contributed by atoms with Crippen molar-refractivity contribution in [1.29, 1.82) is 0 Å². The Morgan fingerprint density at radius 2 is 2.42 bits per heavy atom. The Morgan fingerprint density at radius 3 is 2.92 bits per heavy atom. The van der Waals surface area contributed by atoms with Crippen molar-refractivity contribution in [2.24, 2.45) is 7.05 Å². The molecule has 0 saturated carbocycles. The van der Waals surface area contributed by atoms with Gasteiger partial charge in [0, 0.05) is 19.7 Å². The van der Waals surface area contributed by atoms with E-state index in [-0.39, 0.29) is 0 Å². The van der Waals surface area contributed by atoms with Gasteiger partial charge >= 0.3 is 0 Å². The summed E-state index contributed by atoms with van der Waals surface area (Å²) in [5.41, 5.74) is 2.32. The second-order valence-corrected chi connectivity index (χ2v) is 2.97. The van der Waals surface area contributed by atoms with Crippen LogP contribution in [0.1, 0.15) is 24.1 Å². The maximum Gasteiger partial charge on any atom is 0.120 e. The Balaban J connectivity index is 2.50. The van der Waals surface area contributed by atoms with Gasteiger partial charge in [0.25, 0.3) is 0 Å². The number of aldehydes is 1. The second kappa shape index (κ2) is 4.04. The minimum Gasteiger partial charge on any atom is -0.303 e. The summed E-state index contributed by atoms with van der Waals surface area (Å²) in [6, 6.07) is 0. The van der Waals surface area contributed by atoms with E-state index in [4.69, 9.17) is 0 Å². The van der Waals surface area contributed by atoms with Crippen molar-refractivity contribution in [1.82, 2.24) is 9.78 Å². The van der Waals surface area contributed by atoms with Crippen LogP contribution in [0.4, 0.5) is 0 Å². The van der Waals surface area contributed by atoms with Crippen LogP contribution < -0.4 is 0 Å². The molecule has 1 aromatic heterocycles. The van der Waals surface area contributed by atoms with Gasteiger partial charge in [-0.15, -0.1) is 0 Å². The van der Waals surface area contributed by atoms with Crippen LogP contribution in [0.15, 0.2) is 6.20 Å². The van der Waals surface area contributed by atoms with Gasteiger partial charge in [-0.25, -0.2) is 0 Å². The third kappa shape index (κ3) is 2.19. The predicted molar refractivity (Wildman–Crippen MR) is 46.9 cm³/mol. The smallest absolute Gasteiger partial charge is 0.120 e. The molecule has 0 aliphatic carbocycles. The molecule has 0 fully saturated rings. The van der Waals surface area contributed by atoms with Crippen LogP contribution in [0.25, 0.3) is 0 Å². The number of aromatic nitrogens is 2. The van der Waals surface area contributed by atoms with Gasteiger partial charge < -0.3 is 4.79 Å². The third-order valence-electron chi connectivity index (χ3n) is 1.88.